The Hall–Kier alpha value is -1.16. The highest BCUT2D eigenvalue weighted by Crippen LogP contribution is 2.36. The highest BCUT2D eigenvalue weighted by molar-refractivity contribution is 8.00. The van der Waals surface area contributed by atoms with Crippen LogP contribution in [0.25, 0.3) is 0 Å². The molecule has 0 aliphatic heterocycles. The maximum absolute atomic E-state index is 11.1. The van der Waals surface area contributed by atoms with Gasteiger partial charge in [0.25, 0.3) is 0 Å². The van der Waals surface area contributed by atoms with Crippen LogP contribution < -0.4 is 4.74 Å². The van der Waals surface area contributed by atoms with Gasteiger partial charge in [-0.05, 0) is 31.0 Å². The molecule has 1 fully saturated rings. The molecule has 0 aromatic heterocycles. The predicted molar refractivity (Wildman–Crippen MR) is 68.1 cm³/mol. The van der Waals surface area contributed by atoms with Gasteiger partial charge in [0.15, 0.2) is 0 Å². The molecule has 4 heteroatoms. The molecule has 3 nitrogen and oxygen atoms in total. The zero-order chi connectivity index (χ0) is 12.3. The van der Waals surface area contributed by atoms with E-state index in [0.29, 0.717) is 11.0 Å². The lowest BCUT2D eigenvalue weighted by molar-refractivity contribution is 0.0693. The lowest BCUT2D eigenvalue weighted by atomic mass is 10.2. The number of benzene rings is 1. The van der Waals surface area contributed by atoms with Gasteiger partial charge in [-0.25, -0.2) is 4.79 Å². The smallest absolute Gasteiger partial charge is 0.339 e. The van der Waals surface area contributed by atoms with Crippen LogP contribution >= 0.6 is 11.8 Å². The fourth-order valence-electron chi connectivity index (χ4n) is 2.13. The fraction of sp³-hybridized carbons (Fsp3) is 0.462. The van der Waals surface area contributed by atoms with Crippen molar-refractivity contribution in [3.63, 3.8) is 0 Å². The lowest BCUT2D eigenvalue weighted by Crippen LogP contribution is -2.01. The molecule has 1 saturated carbocycles. The summed E-state index contributed by atoms with van der Waals surface area (Å²) in [6.45, 7) is 0. The van der Waals surface area contributed by atoms with Crippen molar-refractivity contribution in [2.75, 3.05) is 7.11 Å². The summed E-state index contributed by atoms with van der Waals surface area (Å²) < 4.78 is 5.04. The molecule has 0 unspecified atom stereocenters. The Morgan fingerprint density at radius 1 is 1.41 bits per heavy atom. The average molecular weight is 252 g/mol. The number of hydrogen-bond acceptors (Lipinski definition) is 3. The van der Waals surface area contributed by atoms with Gasteiger partial charge in [0.1, 0.15) is 11.3 Å². The molecule has 0 heterocycles. The number of ether oxygens (including phenoxy) is 1. The standard InChI is InChI=1S/C13H16O3S/c1-16-12-7-6-10(8-11(12)13(14)15)17-9-4-2-3-5-9/h6-9H,2-5H2,1H3,(H,14,15). The van der Waals surface area contributed by atoms with E-state index in [4.69, 9.17) is 9.84 Å². The molecule has 1 aliphatic carbocycles. The van der Waals surface area contributed by atoms with Crippen LogP contribution in [0.5, 0.6) is 5.75 Å². The molecule has 1 aromatic rings. The molecule has 0 bridgehead atoms. The Kier molecular flexibility index (Phi) is 3.94. The molecule has 1 aromatic carbocycles. The Morgan fingerprint density at radius 3 is 2.71 bits per heavy atom. The molecule has 17 heavy (non-hydrogen) atoms. The molecule has 2 rings (SSSR count). The minimum absolute atomic E-state index is 0.246. The van der Waals surface area contributed by atoms with E-state index < -0.39 is 5.97 Å². The van der Waals surface area contributed by atoms with E-state index in [1.165, 1.54) is 32.8 Å². The maximum atomic E-state index is 11.1. The fourth-order valence-corrected chi connectivity index (χ4v) is 3.41. The summed E-state index contributed by atoms with van der Waals surface area (Å²) in [6, 6.07) is 5.39. The van der Waals surface area contributed by atoms with Crippen molar-refractivity contribution in [2.45, 2.75) is 35.8 Å². The van der Waals surface area contributed by atoms with E-state index in [0.717, 1.165) is 4.90 Å². The summed E-state index contributed by atoms with van der Waals surface area (Å²) >= 11 is 1.78. The van der Waals surface area contributed by atoms with Crippen LogP contribution in [0.1, 0.15) is 36.0 Å². The lowest BCUT2D eigenvalue weighted by Gasteiger charge is -2.11. The number of aromatic carboxylic acids is 1. The summed E-state index contributed by atoms with van der Waals surface area (Å²) in [4.78, 5) is 12.1. The first-order valence-electron chi connectivity index (χ1n) is 5.78. The molecule has 1 aliphatic rings. The zero-order valence-corrected chi connectivity index (χ0v) is 10.6. The largest absolute Gasteiger partial charge is 0.496 e. The second-order valence-corrected chi connectivity index (χ2v) is 5.57. The van der Waals surface area contributed by atoms with Crippen LogP contribution in [0, 0.1) is 0 Å². The summed E-state index contributed by atoms with van der Waals surface area (Å²) in [5, 5.41) is 9.74. The topological polar surface area (TPSA) is 46.5 Å². The van der Waals surface area contributed by atoms with Gasteiger partial charge in [0, 0.05) is 10.1 Å². The number of carbonyl (C=O) groups is 1. The van der Waals surface area contributed by atoms with Crippen molar-refractivity contribution < 1.29 is 14.6 Å². The Balaban J connectivity index is 2.17. The van der Waals surface area contributed by atoms with Crippen LogP contribution in [-0.4, -0.2) is 23.4 Å². The van der Waals surface area contributed by atoms with Crippen LogP contribution in [0.4, 0.5) is 0 Å². The molecule has 1 N–H and O–H groups in total. The minimum Gasteiger partial charge on any atom is -0.496 e. The van der Waals surface area contributed by atoms with Crippen molar-refractivity contribution >= 4 is 17.7 Å². The Morgan fingerprint density at radius 2 is 2.12 bits per heavy atom. The third-order valence-corrected chi connectivity index (χ3v) is 4.34. The summed E-state index contributed by atoms with van der Waals surface area (Å²) in [5.41, 5.74) is 0.246. The quantitative estimate of drug-likeness (QED) is 0.891. The number of methoxy groups -OCH3 is 1. The van der Waals surface area contributed by atoms with Crippen molar-refractivity contribution in [1.82, 2.24) is 0 Å². The van der Waals surface area contributed by atoms with Gasteiger partial charge in [0.2, 0.25) is 0 Å². The normalized spacial score (nSPS) is 16.1. The second kappa shape index (κ2) is 5.45. The Bertz CT molecular complexity index is 411. The average Bonchev–Trinajstić information content (AvgIpc) is 2.81. The minimum atomic E-state index is -0.935. The van der Waals surface area contributed by atoms with Crippen LogP contribution in [0.3, 0.4) is 0 Å². The molecule has 0 saturated heterocycles. The van der Waals surface area contributed by atoms with Crippen molar-refractivity contribution in [1.29, 1.82) is 0 Å². The molecule has 0 atom stereocenters. The molecular weight excluding hydrogens is 236 g/mol. The number of rotatable bonds is 4. The van der Waals surface area contributed by atoms with Crippen LogP contribution in [-0.2, 0) is 0 Å². The van der Waals surface area contributed by atoms with E-state index in [2.05, 4.69) is 0 Å². The number of thioether (sulfide) groups is 1. The molecule has 0 spiro atoms. The third-order valence-electron chi connectivity index (χ3n) is 3.01. The number of hydrogen-bond donors (Lipinski definition) is 1. The van der Waals surface area contributed by atoms with Crippen LogP contribution in [0.15, 0.2) is 23.1 Å². The van der Waals surface area contributed by atoms with Crippen molar-refractivity contribution in [2.24, 2.45) is 0 Å². The van der Waals surface area contributed by atoms with Crippen molar-refractivity contribution in [3.05, 3.63) is 23.8 Å². The predicted octanol–water partition coefficient (Wildman–Crippen LogP) is 3.43. The third kappa shape index (κ3) is 2.94. The number of carboxylic acid groups (broad SMARTS) is 1. The van der Waals surface area contributed by atoms with Gasteiger partial charge in [-0.15, -0.1) is 11.8 Å². The van der Waals surface area contributed by atoms with Gasteiger partial charge < -0.3 is 9.84 Å². The second-order valence-electron chi connectivity index (χ2n) is 4.19. The zero-order valence-electron chi connectivity index (χ0n) is 9.81. The van der Waals surface area contributed by atoms with E-state index in [1.807, 2.05) is 6.07 Å². The molecule has 92 valence electrons. The highest BCUT2D eigenvalue weighted by atomic mass is 32.2. The van der Waals surface area contributed by atoms with Crippen LogP contribution in [0.2, 0.25) is 0 Å². The van der Waals surface area contributed by atoms with E-state index in [9.17, 15) is 4.79 Å². The highest BCUT2D eigenvalue weighted by Gasteiger charge is 2.18. The summed E-state index contributed by atoms with van der Waals surface area (Å²) in [7, 11) is 1.49. The summed E-state index contributed by atoms with van der Waals surface area (Å²) in [6.07, 6.45) is 5.05. The summed E-state index contributed by atoms with van der Waals surface area (Å²) in [5.74, 6) is -0.510. The molecule has 0 amide bonds. The first-order chi connectivity index (χ1) is 8.20. The van der Waals surface area contributed by atoms with Gasteiger partial charge >= 0.3 is 5.97 Å². The molecular formula is C13H16O3S. The maximum Gasteiger partial charge on any atom is 0.339 e. The number of carboxylic acids is 1. The van der Waals surface area contributed by atoms with Gasteiger partial charge in [-0.2, -0.15) is 0 Å². The first-order valence-corrected chi connectivity index (χ1v) is 6.66. The van der Waals surface area contributed by atoms with E-state index in [1.54, 1.807) is 23.9 Å². The SMILES string of the molecule is COc1ccc(SC2CCCC2)cc1C(=O)O. The van der Waals surface area contributed by atoms with E-state index in [-0.39, 0.29) is 5.56 Å². The molecule has 0 radical (unpaired) electrons. The van der Waals surface area contributed by atoms with Crippen molar-refractivity contribution in [3.8, 4) is 5.75 Å². The first kappa shape index (κ1) is 12.3. The van der Waals surface area contributed by atoms with E-state index >= 15 is 0 Å². The van der Waals surface area contributed by atoms with Gasteiger partial charge in [-0.1, -0.05) is 12.8 Å². The Labute approximate surface area is 105 Å². The van der Waals surface area contributed by atoms with Gasteiger partial charge in [0.05, 0.1) is 7.11 Å². The van der Waals surface area contributed by atoms with Gasteiger partial charge in [-0.3, -0.25) is 0 Å². The monoisotopic (exact) mass is 252 g/mol.